The number of pyridine rings is 1. The summed E-state index contributed by atoms with van der Waals surface area (Å²) >= 11 is 0. The average Bonchev–Trinajstić information content (AvgIpc) is 3.47. The predicted octanol–water partition coefficient (Wildman–Crippen LogP) is 1.79. The molecule has 7 heteroatoms. The van der Waals surface area contributed by atoms with Crippen molar-refractivity contribution in [3.05, 3.63) is 40.2 Å². The molecule has 1 N–H and O–H groups in total. The number of hydrogen-bond donors (Lipinski definition) is 1. The van der Waals surface area contributed by atoms with Gasteiger partial charge in [0.1, 0.15) is 5.56 Å². The van der Waals surface area contributed by atoms with E-state index in [0.29, 0.717) is 5.39 Å². The zero-order valence-corrected chi connectivity index (χ0v) is 13.1. The summed E-state index contributed by atoms with van der Waals surface area (Å²) in [6.45, 7) is 3.67. The van der Waals surface area contributed by atoms with E-state index in [-0.39, 0.29) is 11.6 Å². The Morgan fingerprint density at radius 1 is 1.25 bits per heavy atom. The maximum Gasteiger partial charge on any atom is 0.384 e. The molecule has 0 unspecified atom stereocenters. The third-order valence-electron chi connectivity index (χ3n) is 4.73. The SMILES string of the molecule is O=C(OF)c1cn(C2CC2)c2cc(N3CCNCC3)ccc2c1=O. The van der Waals surface area contributed by atoms with Crippen molar-refractivity contribution >= 4 is 22.6 Å². The largest absolute Gasteiger partial charge is 0.384 e. The van der Waals surface area contributed by atoms with Crippen LogP contribution in [0.3, 0.4) is 0 Å². The lowest BCUT2D eigenvalue weighted by Gasteiger charge is -2.29. The number of nitrogens with one attached hydrogen (secondary N) is 1. The summed E-state index contributed by atoms with van der Waals surface area (Å²) in [6, 6.07) is 5.85. The van der Waals surface area contributed by atoms with Crippen molar-refractivity contribution in [3.63, 3.8) is 0 Å². The maximum absolute atomic E-state index is 12.5. The first kappa shape index (κ1) is 15.1. The quantitative estimate of drug-likeness (QED) is 0.929. The molecule has 126 valence electrons. The zero-order valence-electron chi connectivity index (χ0n) is 13.1. The van der Waals surface area contributed by atoms with Gasteiger partial charge in [-0.1, -0.05) is 0 Å². The van der Waals surface area contributed by atoms with Crippen molar-refractivity contribution < 1.29 is 14.3 Å². The van der Waals surface area contributed by atoms with Gasteiger partial charge < -0.3 is 14.8 Å². The van der Waals surface area contributed by atoms with Crippen LogP contribution in [0.2, 0.25) is 0 Å². The zero-order chi connectivity index (χ0) is 16.7. The Labute approximate surface area is 137 Å². The second kappa shape index (κ2) is 5.90. The Hall–Kier alpha value is -2.41. The van der Waals surface area contributed by atoms with E-state index in [1.54, 1.807) is 6.07 Å². The molecule has 2 aromatic rings. The number of aromatic nitrogens is 1. The molecule has 1 aromatic carbocycles. The first-order chi connectivity index (χ1) is 11.7. The molecule has 0 spiro atoms. The molecule has 1 saturated heterocycles. The van der Waals surface area contributed by atoms with E-state index >= 15 is 0 Å². The molecule has 0 radical (unpaired) electrons. The third kappa shape index (κ3) is 2.54. The lowest BCUT2D eigenvalue weighted by Crippen LogP contribution is -2.43. The lowest BCUT2D eigenvalue weighted by atomic mass is 10.1. The molecule has 2 fully saturated rings. The van der Waals surface area contributed by atoms with E-state index in [1.807, 2.05) is 16.7 Å². The van der Waals surface area contributed by atoms with Crippen LogP contribution in [0.15, 0.2) is 29.2 Å². The van der Waals surface area contributed by atoms with Crippen LogP contribution < -0.4 is 15.6 Å². The van der Waals surface area contributed by atoms with E-state index in [1.165, 1.54) is 6.20 Å². The van der Waals surface area contributed by atoms with Crippen LogP contribution in [0.25, 0.3) is 10.9 Å². The molecular weight excluding hydrogens is 313 g/mol. The minimum Gasteiger partial charge on any atom is -0.369 e. The van der Waals surface area contributed by atoms with Gasteiger partial charge in [-0.25, -0.2) is 9.74 Å². The van der Waals surface area contributed by atoms with Crippen molar-refractivity contribution in [1.29, 1.82) is 0 Å². The van der Waals surface area contributed by atoms with Crippen molar-refractivity contribution in [1.82, 2.24) is 9.88 Å². The fourth-order valence-corrected chi connectivity index (χ4v) is 3.30. The fraction of sp³-hybridized carbons (Fsp3) is 0.412. The van der Waals surface area contributed by atoms with Gasteiger partial charge in [-0.15, -0.1) is 0 Å². The molecule has 2 aliphatic rings. The molecule has 0 amide bonds. The van der Waals surface area contributed by atoms with Crippen LogP contribution in [0.4, 0.5) is 10.2 Å². The smallest absolute Gasteiger partial charge is 0.369 e. The van der Waals surface area contributed by atoms with Crippen molar-refractivity contribution in [3.8, 4) is 0 Å². The number of piperazine rings is 1. The monoisotopic (exact) mass is 331 g/mol. The summed E-state index contributed by atoms with van der Waals surface area (Å²) in [5.41, 5.74) is 1.09. The van der Waals surface area contributed by atoms with E-state index in [2.05, 4.69) is 15.2 Å². The average molecular weight is 331 g/mol. The van der Waals surface area contributed by atoms with E-state index in [4.69, 9.17) is 0 Å². The van der Waals surface area contributed by atoms with Gasteiger partial charge in [0.05, 0.1) is 5.52 Å². The summed E-state index contributed by atoms with van der Waals surface area (Å²) in [6.07, 6.45) is 3.41. The van der Waals surface area contributed by atoms with Gasteiger partial charge in [-0.05, 0) is 31.0 Å². The molecule has 0 atom stereocenters. The maximum atomic E-state index is 12.5. The molecular formula is C17H18FN3O3. The number of carbonyl (C=O) groups excluding carboxylic acids is 1. The summed E-state index contributed by atoms with van der Waals surface area (Å²) < 4.78 is 14.2. The Balaban J connectivity index is 1.87. The van der Waals surface area contributed by atoms with Gasteiger partial charge in [-0.3, -0.25) is 4.79 Å². The Morgan fingerprint density at radius 3 is 2.67 bits per heavy atom. The number of rotatable bonds is 3. The van der Waals surface area contributed by atoms with Crippen LogP contribution in [-0.4, -0.2) is 36.7 Å². The molecule has 2 heterocycles. The molecule has 0 bridgehead atoms. The van der Waals surface area contributed by atoms with Gasteiger partial charge in [0, 0.05) is 54.0 Å². The van der Waals surface area contributed by atoms with Crippen LogP contribution in [0.1, 0.15) is 29.2 Å². The Morgan fingerprint density at radius 2 is 2.00 bits per heavy atom. The van der Waals surface area contributed by atoms with Crippen LogP contribution in [-0.2, 0) is 4.94 Å². The highest BCUT2D eigenvalue weighted by Crippen LogP contribution is 2.37. The minimum atomic E-state index is -1.23. The molecule has 1 aliphatic carbocycles. The van der Waals surface area contributed by atoms with E-state index in [9.17, 15) is 14.1 Å². The number of benzene rings is 1. The summed E-state index contributed by atoms with van der Waals surface area (Å²) in [4.78, 5) is 29.6. The number of nitrogens with zero attached hydrogens (tertiary/aromatic N) is 2. The fourth-order valence-electron chi connectivity index (χ4n) is 3.30. The summed E-state index contributed by atoms with van der Waals surface area (Å²) in [5, 5.41) is 3.73. The standard InChI is InChI=1S/C17H18FN3O3/c18-24-17(23)14-10-21(11-1-2-11)15-9-12(3-4-13(15)16(14)22)20-7-5-19-6-8-20/h3-4,9-11,19H,1-2,5-8H2. The van der Waals surface area contributed by atoms with E-state index in [0.717, 1.165) is 50.2 Å². The molecule has 24 heavy (non-hydrogen) atoms. The first-order valence-corrected chi connectivity index (χ1v) is 8.16. The second-order valence-electron chi connectivity index (χ2n) is 6.31. The van der Waals surface area contributed by atoms with Crippen molar-refractivity contribution in [2.75, 3.05) is 31.1 Å². The summed E-state index contributed by atoms with van der Waals surface area (Å²) in [5.74, 6) is -1.23. The number of hydrogen-bond acceptors (Lipinski definition) is 5. The predicted molar refractivity (Wildman–Crippen MR) is 88.1 cm³/mol. The number of fused-ring (bicyclic) bond motifs is 1. The highest BCUT2D eigenvalue weighted by atomic mass is 19.3. The molecule has 4 rings (SSSR count). The number of anilines is 1. The molecule has 1 aromatic heterocycles. The van der Waals surface area contributed by atoms with Gasteiger partial charge in [-0.2, -0.15) is 0 Å². The lowest BCUT2D eigenvalue weighted by molar-refractivity contribution is -0.0789. The number of carbonyl (C=O) groups is 1. The van der Waals surface area contributed by atoms with Crippen molar-refractivity contribution in [2.24, 2.45) is 0 Å². The van der Waals surface area contributed by atoms with Gasteiger partial charge >= 0.3 is 5.97 Å². The minimum absolute atomic E-state index is 0.248. The van der Waals surface area contributed by atoms with Gasteiger partial charge in [0.2, 0.25) is 5.43 Å². The van der Waals surface area contributed by atoms with Crippen LogP contribution >= 0.6 is 0 Å². The molecule has 6 nitrogen and oxygen atoms in total. The Bertz CT molecular complexity index is 854. The van der Waals surface area contributed by atoms with Gasteiger partial charge in [0.15, 0.2) is 0 Å². The Kier molecular flexibility index (Phi) is 3.72. The van der Waals surface area contributed by atoms with E-state index < -0.39 is 11.4 Å². The first-order valence-electron chi connectivity index (χ1n) is 8.16. The van der Waals surface area contributed by atoms with Crippen LogP contribution in [0, 0.1) is 0 Å². The van der Waals surface area contributed by atoms with Crippen molar-refractivity contribution in [2.45, 2.75) is 18.9 Å². The second-order valence-corrected chi connectivity index (χ2v) is 6.31. The molecule has 1 saturated carbocycles. The van der Waals surface area contributed by atoms with Crippen LogP contribution in [0.5, 0.6) is 0 Å². The topological polar surface area (TPSA) is 63.6 Å². The third-order valence-corrected chi connectivity index (χ3v) is 4.73. The van der Waals surface area contributed by atoms with Gasteiger partial charge in [0.25, 0.3) is 0 Å². The summed E-state index contributed by atoms with van der Waals surface area (Å²) in [7, 11) is 0. The normalized spacial score (nSPS) is 18.0. The highest BCUT2D eigenvalue weighted by molar-refractivity contribution is 5.94. The molecule has 1 aliphatic heterocycles. The highest BCUT2D eigenvalue weighted by Gasteiger charge is 2.27. The number of halogens is 1.